The Balaban J connectivity index is 2.80. The summed E-state index contributed by atoms with van der Waals surface area (Å²) >= 11 is 0. The van der Waals surface area contributed by atoms with Crippen molar-refractivity contribution in [3.8, 4) is 17.2 Å². The van der Waals surface area contributed by atoms with Crippen LogP contribution >= 0.6 is 0 Å². The molecule has 0 aliphatic rings. The van der Waals surface area contributed by atoms with E-state index in [9.17, 15) is 4.79 Å². The van der Waals surface area contributed by atoms with Crippen molar-refractivity contribution in [1.29, 1.82) is 0 Å². The van der Waals surface area contributed by atoms with Crippen LogP contribution in [-0.2, 0) is 4.74 Å². The van der Waals surface area contributed by atoms with Crippen LogP contribution in [0, 0.1) is 0 Å². The minimum absolute atomic E-state index is 0.0267. The summed E-state index contributed by atoms with van der Waals surface area (Å²) < 4.78 is 21.0. The van der Waals surface area contributed by atoms with E-state index >= 15 is 0 Å². The average Bonchev–Trinajstić information content (AvgIpc) is 2.51. The molecule has 0 fully saturated rings. The maximum Gasteiger partial charge on any atom is 0.338 e. The van der Waals surface area contributed by atoms with Crippen molar-refractivity contribution in [2.45, 2.75) is 26.3 Å². The molecule has 130 valence electrons. The van der Waals surface area contributed by atoms with Crippen LogP contribution in [0.25, 0.3) is 0 Å². The van der Waals surface area contributed by atoms with Gasteiger partial charge in [-0.05, 0) is 40.0 Å². The molecule has 0 aliphatic carbocycles. The third kappa shape index (κ3) is 5.03. The summed E-state index contributed by atoms with van der Waals surface area (Å²) in [5.41, 5.74) is 0.386. The van der Waals surface area contributed by atoms with E-state index in [1.165, 1.54) is 21.3 Å². The number of nitrogens with zero attached hydrogens (tertiary/aromatic N) is 1. The Morgan fingerprint density at radius 2 is 1.57 bits per heavy atom. The van der Waals surface area contributed by atoms with E-state index in [2.05, 4.69) is 25.7 Å². The molecule has 0 saturated heterocycles. The zero-order valence-electron chi connectivity index (χ0n) is 15.1. The fraction of sp³-hybridized carbons (Fsp3) is 0.588. The number of esters is 1. The Labute approximate surface area is 138 Å². The smallest absolute Gasteiger partial charge is 0.338 e. The molecule has 0 N–H and O–H groups in total. The highest BCUT2D eigenvalue weighted by Crippen LogP contribution is 2.38. The third-order valence-electron chi connectivity index (χ3n) is 3.71. The monoisotopic (exact) mass is 325 g/mol. The summed E-state index contributed by atoms with van der Waals surface area (Å²) in [6.45, 7) is 7.28. The fourth-order valence-electron chi connectivity index (χ4n) is 1.89. The number of hydrogen-bond acceptors (Lipinski definition) is 6. The van der Waals surface area contributed by atoms with Gasteiger partial charge in [0.05, 0.1) is 26.9 Å². The molecule has 6 nitrogen and oxygen atoms in total. The Morgan fingerprint density at radius 3 is 1.96 bits per heavy atom. The molecule has 0 amide bonds. The van der Waals surface area contributed by atoms with E-state index in [1.807, 2.05) is 7.05 Å². The van der Waals surface area contributed by atoms with Gasteiger partial charge in [0.15, 0.2) is 11.5 Å². The molecule has 23 heavy (non-hydrogen) atoms. The summed E-state index contributed by atoms with van der Waals surface area (Å²) in [5, 5.41) is 0. The lowest BCUT2D eigenvalue weighted by atomic mass is 10.1. The highest BCUT2D eigenvalue weighted by Gasteiger charge is 2.19. The molecule has 0 unspecified atom stereocenters. The first kappa shape index (κ1) is 19.1. The normalized spacial score (nSPS) is 11.3. The van der Waals surface area contributed by atoms with Crippen LogP contribution in [0.1, 0.15) is 31.1 Å². The minimum Gasteiger partial charge on any atom is -0.493 e. The predicted octanol–water partition coefficient (Wildman–Crippen LogP) is 2.60. The van der Waals surface area contributed by atoms with E-state index in [4.69, 9.17) is 18.9 Å². The van der Waals surface area contributed by atoms with Gasteiger partial charge >= 0.3 is 5.97 Å². The molecule has 6 heteroatoms. The first-order chi connectivity index (χ1) is 10.7. The minimum atomic E-state index is -0.424. The molecule has 1 aromatic rings. The largest absolute Gasteiger partial charge is 0.493 e. The second kappa shape index (κ2) is 8.06. The standard InChI is InChI=1S/C17H27NO5/c1-17(2,3)18(4)8-9-23-16(19)12-10-13(20-5)15(22-7)14(11-12)21-6/h10-11H,8-9H2,1-7H3. The lowest BCUT2D eigenvalue weighted by Crippen LogP contribution is -2.40. The molecule has 0 radical (unpaired) electrons. The number of hydrogen-bond donors (Lipinski definition) is 0. The molecule has 0 saturated carbocycles. The fourth-order valence-corrected chi connectivity index (χ4v) is 1.89. The Morgan fingerprint density at radius 1 is 1.04 bits per heavy atom. The van der Waals surface area contributed by atoms with Crippen molar-refractivity contribution in [2.75, 3.05) is 41.5 Å². The van der Waals surface area contributed by atoms with Gasteiger partial charge in [-0.1, -0.05) is 0 Å². The van der Waals surface area contributed by atoms with E-state index in [0.717, 1.165) is 0 Å². The molecular weight excluding hydrogens is 298 g/mol. The lowest BCUT2D eigenvalue weighted by molar-refractivity contribution is 0.0423. The quantitative estimate of drug-likeness (QED) is 0.718. The first-order valence-corrected chi connectivity index (χ1v) is 7.43. The molecule has 1 aromatic carbocycles. The van der Waals surface area contributed by atoms with Crippen molar-refractivity contribution >= 4 is 5.97 Å². The number of carbonyl (C=O) groups excluding carboxylic acids is 1. The van der Waals surface area contributed by atoms with Gasteiger partial charge in [-0.3, -0.25) is 4.90 Å². The van der Waals surface area contributed by atoms with Gasteiger partial charge in [0.25, 0.3) is 0 Å². The number of carbonyl (C=O) groups is 1. The third-order valence-corrected chi connectivity index (χ3v) is 3.71. The number of methoxy groups -OCH3 is 3. The van der Waals surface area contributed by atoms with E-state index < -0.39 is 5.97 Å². The van der Waals surface area contributed by atoms with Gasteiger partial charge in [-0.15, -0.1) is 0 Å². The lowest BCUT2D eigenvalue weighted by Gasteiger charge is -2.31. The molecule has 1 rings (SSSR count). The summed E-state index contributed by atoms with van der Waals surface area (Å²) in [7, 11) is 6.52. The van der Waals surface area contributed by atoms with Crippen LogP contribution < -0.4 is 14.2 Å². The molecular formula is C17H27NO5. The topological polar surface area (TPSA) is 57.2 Å². The zero-order valence-corrected chi connectivity index (χ0v) is 15.1. The number of benzene rings is 1. The van der Waals surface area contributed by atoms with Crippen LogP contribution in [0.2, 0.25) is 0 Å². The van der Waals surface area contributed by atoms with Gasteiger partial charge in [0.2, 0.25) is 5.75 Å². The van der Waals surface area contributed by atoms with Gasteiger partial charge in [0.1, 0.15) is 6.61 Å². The van der Waals surface area contributed by atoms with E-state index in [-0.39, 0.29) is 5.54 Å². The van der Waals surface area contributed by atoms with Crippen molar-refractivity contribution in [3.05, 3.63) is 17.7 Å². The van der Waals surface area contributed by atoms with Crippen molar-refractivity contribution in [3.63, 3.8) is 0 Å². The molecule has 0 bridgehead atoms. The van der Waals surface area contributed by atoms with Crippen molar-refractivity contribution in [2.24, 2.45) is 0 Å². The molecule has 0 atom stereocenters. The second-order valence-corrected chi connectivity index (χ2v) is 6.14. The predicted molar refractivity (Wildman–Crippen MR) is 88.8 cm³/mol. The summed E-state index contributed by atoms with van der Waals surface area (Å²) in [4.78, 5) is 14.3. The number of rotatable bonds is 7. The first-order valence-electron chi connectivity index (χ1n) is 7.43. The molecule has 0 aromatic heterocycles. The zero-order chi connectivity index (χ0) is 17.6. The van der Waals surface area contributed by atoms with E-state index in [1.54, 1.807) is 12.1 Å². The Hall–Kier alpha value is -1.95. The Kier molecular flexibility index (Phi) is 6.69. The van der Waals surface area contributed by atoms with Crippen LogP contribution in [0.5, 0.6) is 17.2 Å². The number of likely N-dealkylation sites (N-methyl/N-ethyl adjacent to an activating group) is 1. The highest BCUT2D eigenvalue weighted by molar-refractivity contribution is 5.91. The van der Waals surface area contributed by atoms with Gasteiger partial charge in [-0.2, -0.15) is 0 Å². The van der Waals surface area contributed by atoms with E-state index in [0.29, 0.717) is 36.0 Å². The van der Waals surface area contributed by atoms with Gasteiger partial charge in [-0.25, -0.2) is 4.79 Å². The second-order valence-electron chi connectivity index (χ2n) is 6.14. The molecule has 0 spiro atoms. The van der Waals surface area contributed by atoms with Crippen LogP contribution in [0.15, 0.2) is 12.1 Å². The maximum atomic E-state index is 12.2. The van der Waals surface area contributed by atoms with Gasteiger partial charge in [0, 0.05) is 12.1 Å². The van der Waals surface area contributed by atoms with Crippen molar-refractivity contribution in [1.82, 2.24) is 4.90 Å². The van der Waals surface area contributed by atoms with Crippen LogP contribution in [0.4, 0.5) is 0 Å². The van der Waals surface area contributed by atoms with Gasteiger partial charge < -0.3 is 18.9 Å². The summed E-state index contributed by atoms with van der Waals surface area (Å²) in [6.07, 6.45) is 0. The Bertz CT molecular complexity index is 511. The van der Waals surface area contributed by atoms with Crippen molar-refractivity contribution < 1.29 is 23.7 Å². The van der Waals surface area contributed by atoms with Crippen LogP contribution in [0.3, 0.4) is 0 Å². The number of ether oxygens (including phenoxy) is 4. The maximum absolute atomic E-state index is 12.2. The SMILES string of the molecule is COc1cc(C(=O)OCCN(C)C(C)(C)C)cc(OC)c1OC. The van der Waals surface area contributed by atoms with Crippen LogP contribution in [-0.4, -0.2) is 57.9 Å². The highest BCUT2D eigenvalue weighted by atomic mass is 16.5. The summed E-state index contributed by atoms with van der Waals surface area (Å²) in [6, 6.07) is 3.16. The molecule has 0 heterocycles. The summed E-state index contributed by atoms with van der Waals surface area (Å²) in [5.74, 6) is 0.863. The average molecular weight is 325 g/mol. The molecule has 0 aliphatic heterocycles.